The van der Waals surface area contributed by atoms with E-state index in [0.717, 1.165) is 42.0 Å². The summed E-state index contributed by atoms with van der Waals surface area (Å²) in [5.74, 6) is -1.16. The zero-order valence-electron chi connectivity index (χ0n) is 29.4. The molecule has 1 aliphatic carbocycles. The molecule has 1 atom stereocenters. The van der Waals surface area contributed by atoms with Crippen molar-refractivity contribution >= 4 is 39.1 Å². The van der Waals surface area contributed by atoms with Crippen molar-refractivity contribution in [1.29, 1.82) is 0 Å². The lowest BCUT2D eigenvalue weighted by Crippen LogP contribution is -2.55. The largest absolute Gasteiger partial charge is 0.495 e. The first-order valence-electron chi connectivity index (χ1n) is 17.0. The van der Waals surface area contributed by atoms with E-state index in [1.165, 1.54) is 80.8 Å². The van der Waals surface area contributed by atoms with Gasteiger partial charge in [-0.2, -0.15) is 0 Å². The molecule has 0 spiro atoms. The zero-order chi connectivity index (χ0) is 37.3. The molecule has 0 aliphatic heterocycles. The number of rotatable bonds is 15. The molecule has 0 saturated heterocycles. The normalized spacial score (nSPS) is 13.9. The third kappa shape index (κ3) is 9.15. The van der Waals surface area contributed by atoms with E-state index in [1.54, 1.807) is 6.07 Å². The predicted octanol–water partition coefficient (Wildman–Crippen LogP) is 6.79. The van der Waals surface area contributed by atoms with Gasteiger partial charge in [0, 0.05) is 35.7 Å². The number of carbonyl (C=O) groups is 2. The number of nitrogens with one attached hydrogen (secondary N) is 1. The minimum absolute atomic E-state index is 0.0183. The van der Waals surface area contributed by atoms with Gasteiger partial charge in [0.1, 0.15) is 24.2 Å². The Labute approximate surface area is 309 Å². The number of anilines is 1. The lowest BCUT2D eigenvalue weighted by atomic mass is 9.94. The minimum atomic E-state index is -4.56. The molecule has 1 aliphatic rings. The van der Waals surface area contributed by atoms with Crippen LogP contribution in [0.25, 0.3) is 0 Å². The van der Waals surface area contributed by atoms with Crippen LogP contribution in [0, 0.1) is 5.82 Å². The molecule has 1 saturated carbocycles. The van der Waals surface area contributed by atoms with E-state index < -0.39 is 40.2 Å². The second kappa shape index (κ2) is 17.6. The predicted molar refractivity (Wildman–Crippen MR) is 198 cm³/mol. The van der Waals surface area contributed by atoms with Gasteiger partial charge in [0.2, 0.25) is 11.8 Å². The number of amides is 2. The summed E-state index contributed by atoms with van der Waals surface area (Å²) < 4.78 is 61.7. The highest BCUT2D eigenvalue weighted by molar-refractivity contribution is 7.92. The maximum absolute atomic E-state index is 15.3. The van der Waals surface area contributed by atoms with E-state index in [2.05, 4.69) is 5.32 Å². The van der Waals surface area contributed by atoms with Gasteiger partial charge in [0.25, 0.3) is 10.0 Å². The molecule has 4 aromatic carbocycles. The van der Waals surface area contributed by atoms with Crippen molar-refractivity contribution < 1.29 is 36.6 Å². The number of sulfonamides is 1. The van der Waals surface area contributed by atoms with Crippen molar-refractivity contribution in [3.05, 3.63) is 113 Å². The monoisotopic (exact) mass is 751 g/mol. The van der Waals surface area contributed by atoms with Crippen molar-refractivity contribution in [1.82, 2.24) is 10.2 Å². The summed E-state index contributed by atoms with van der Waals surface area (Å²) in [5, 5.41) is 3.33. The Morgan fingerprint density at radius 3 is 2.17 bits per heavy atom. The van der Waals surface area contributed by atoms with E-state index in [-0.39, 0.29) is 51.7 Å². The van der Waals surface area contributed by atoms with Gasteiger partial charge in [0.15, 0.2) is 11.5 Å². The van der Waals surface area contributed by atoms with Crippen molar-refractivity contribution in [2.24, 2.45) is 0 Å². The second-order valence-electron chi connectivity index (χ2n) is 12.5. The number of hydrogen-bond acceptors (Lipinski definition) is 7. The van der Waals surface area contributed by atoms with E-state index in [4.69, 9.17) is 25.8 Å². The van der Waals surface area contributed by atoms with E-state index >= 15 is 4.39 Å². The van der Waals surface area contributed by atoms with Crippen molar-refractivity contribution in [2.75, 3.05) is 32.2 Å². The first-order chi connectivity index (χ1) is 25.0. The summed E-state index contributed by atoms with van der Waals surface area (Å²) in [7, 11) is -0.393. The molecule has 0 heterocycles. The lowest BCUT2D eigenvalue weighted by molar-refractivity contribution is -0.140. The van der Waals surface area contributed by atoms with Gasteiger partial charge in [-0.15, -0.1) is 0 Å². The van der Waals surface area contributed by atoms with Crippen molar-refractivity contribution in [3.8, 4) is 17.2 Å². The molecule has 0 radical (unpaired) electrons. The fourth-order valence-corrected chi connectivity index (χ4v) is 7.98. The highest BCUT2D eigenvalue weighted by atomic mass is 35.5. The van der Waals surface area contributed by atoms with Crippen LogP contribution in [0.4, 0.5) is 10.1 Å². The molecule has 4 aromatic rings. The summed E-state index contributed by atoms with van der Waals surface area (Å²) in [6.45, 7) is -1.10. The Balaban J connectivity index is 1.63. The van der Waals surface area contributed by atoms with Crippen LogP contribution in [0.3, 0.4) is 0 Å². The molecular formula is C39H43ClFN3O7S. The molecule has 0 aromatic heterocycles. The van der Waals surface area contributed by atoms with Crippen LogP contribution in [0.5, 0.6) is 17.2 Å². The summed E-state index contributed by atoms with van der Waals surface area (Å²) in [5.41, 5.74) is 0.910. The Kier molecular flexibility index (Phi) is 13.0. The number of ether oxygens (including phenoxy) is 3. The van der Waals surface area contributed by atoms with Gasteiger partial charge < -0.3 is 24.4 Å². The summed E-state index contributed by atoms with van der Waals surface area (Å²) in [6, 6.07) is 22.4. The molecule has 5 rings (SSSR count). The fourth-order valence-electron chi connectivity index (χ4n) is 6.38. The molecule has 1 fully saturated rings. The number of carbonyl (C=O) groups excluding carboxylic acids is 2. The quantitative estimate of drug-likeness (QED) is 0.142. The number of halogens is 2. The highest BCUT2D eigenvalue weighted by Gasteiger charge is 2.37. The third-order valence-corrected chi connectivity index (χ3v) is 11.1. The van der Waals surface area contributed by atoms with Crippen molar-refractivity contribution in [3.63, 3.8) is 0 Å². The molecule has 13 heteroatoms. The number of benzene rings is 4. The van der Waals surface area contributed by atoms with Gasteiger partial charge in [-0.05, 0) is 54.8 Å². The minimum Gasteiger partial charge on any atom is -0.495 e. The SMILES string of the molecule is COc1ccc(S(=O)(=O)N(CC(=O)N(Cc2ccccc2F)[C@H](Cc2ccccc2)C(=O)NC2CCCCC2)c2cc(Cl)ccc2OC)cc1OC. The second-order valence-corrected chi connectivity index (χ2v) is 14.8. The smallest absolute Gasteiger partial charge is 0.265 e. The van der Waals surface area contributed by atoms with Crippen molar-refractivity contribution in [2.45, 2.75) is 62.0 Å². The molecular weight excluding hydrogens is 709 g/mol. The maximum Gasteiger partial charge on any atom is 0.265 e. The van der Waals surface area contributed by atoms with Gasteiger partial charge >= 0.3 is 0 Å². The van der Waals surface area contributed by atoms with Crippen LogP contribution in [0.1, 0.15) is 43.2 Å². The molecule has 0 bridgehead atoms. The van der Waals surface area contributed by atoms with Gasteiger partial charge in [-0.1, -0.05) is 79.4 Å². The zero-order valence-corrected chi connectivity index (χ0v) is 31.0. The van der Waals surface area contributed by atoms with Crippen LogP contribution in [-0.4, -0.2) is 65.1 Å². The van der Waals surface area contributed by atoms with Crippen LogP contribution in [0.15, 0.2) is 95.9 Å². The van der Waals surface area contributed by atoms with Gasteiger partial charge in [-0.3, -0.25) is 13.9 Å². The van der Waals surface area contributed by atoms with E-state index in [9.17, 15) is 18.0 Å². The van der Waals surface area contributed by atoms with Crippen LogP contribution < -0.4 is 23.8 Å². The van der Waals surface area contributed by atoms with E-state index in [0.29, 0.717) is 5.75 Å². The average molecular weight is 752 g/mol. The molecule has 2 amide bonds. The number of methoxy groups -OCH3 is 3. The first kappa shape index (κ1) is 38.4. The topological polar surface area (TPSA) is 114 Å². The third-order valence-electron chi connectivity index (χ3n) is 9.15. The first-order valence-corrected chi connectivity index (χ1v) is 18.8. The highest BCUT2D eigenvalue weighted by Crippen LogP contribution is 2.37. The molecule has 10 nitrogen and oxygen atoms in total. The Hall–Kier alpha value is -4.81. The van der Waals surface area contributed by atoms with Gasteiger partial charge in [-0.25, -0.2) is 12.8 Å². The fraction of sp³-hybridized carbons (Fsp3) is 0.333. The Bertz CT molecular complexity index is 1960. The summed E-state index contributed by atoms with van der Waals surface area (Å²) in [4.78, 5) is 30.2. The molecule has 1 N–H and O–H groups in total. The van der Waals surface area contributed by atoms with Crippen LogP contribution >= 0.6 is 11.6 Å². The Morgan fingerprint density at radius 1 is 0.846 bits per heavy atom. The molecule has 52 heavy (non-hydrogen) atoms. The lowest BCUT2D eigenvalue weighted by Gasteiger charge is -2.35. The summed E-state index contributed by atoms with van der Waals surface area (Å²) >= 11 is 6.40. The average Bonchev–Trinajstić information content (AvgIpc) is 3.16. The summed E-state index contributed by atoms with van der Waals surface area (Å²) in [6.07, 6.45) is 4.72. The van der Waals surface area contributed by atoms with E-state index in [1.807, 2.05) is 30.3 Å². The number of nitrogens with zero attached hydrogens (tertiary/aromatic N) is 2. The standard InChI is InChI=1S/C39H43ClFN3O7S/c1-49-35-20-18-29(40)23-33(35)44(52(47,48)31-19-21-36(50-2)37(24-31)51-3)26-38(45)43(25-28-14-10-11-17-32(28)41)34(22-27-12-6-4-7-13-27)39(46)42-30-15-8-5-9-16-30/h4,6-7,10-14,17-21,23-24,30,34H,5,8-9,15-16,22,25-26H2,1-3H3,(H,42,46)/t34-/m1/s1. The molecule has 0 unspecified atom stereocenters. The van der Waals surface area contributed by atoms with Crippen LogP contribution in [0.2, 0.25) is 5.02 Å². The molecule has 276 valence electrons. The Morgan fingerprint density at radius 2 is 1.50 bits per heavy atom. The van der Waals surface area contributed by atoms with Gasteiger partial charge in [0.05, 0.1) is 31.9 Å². The maximum atomic E-state index is 15.3. The number of hydrogen-bond donors (Lipinski definition) is 1. The van der Waals surface area contributed by atoms with Crippen LogP contribution in [-0.2, 0) is 32.6 Å².